The summed E-state index contributed by atoms with van der Waals surface area (Å²) in [6.07, 6.45) is 1.75. The number of halogens is 2. The Kier molecular flexibility index (Phi) is 8.21. The van der Waals surface area contributed by atoms with E-state index in [1.807, 2.05) is 25.1 Å². The van der Waals surface area contributed by atoms with Crippen molar-refractivity contribution < 1.29 is 14.2 Å². The van der Waals surface area contributed by atoms with Gasteiger partial charge in [-0.15, -0.1) is 0 Å². The summed E-state index contributed by atoms with van der Waals surface area (Å²) in [6, 6.07) is 9.21. The zero-order valence-electron chi connectivity index (χ0n) is 19.7. The van der Waals surface area contributed by atoms with Crippen molar-refractivity contribution in [3.8, 4) is 17.2 Å². The number of likely N-dealkylation sites (N-methyl/N-ethyl adjacent to an activating group) is 1. The topological polar surface area (TPSA) is 59.1 Å². The van der Waals surface area contributed by atoms with Crippen LogP contribution in [0.3, 0.4) is 0 Å². The van der Waals surface area contributed by atoms with Gasteiger partial charge in [0.2, 0.25) is 0 Å². The number of anilines is 2. The monoisotopic (exact) mass is 504 g/mol. The highest BCUT2D eigenvalue weighted by atomic mass is 35.5. The maximum absolute atomic E-state index is 6.43. The molecule has 0 spiro atoms. The number of pyridine rings is 1. The second-order valence-corrected chi connectivity index (χ2v) is 9.01. The lowest BCUT2D eigenvalue weighted by molar-refractivity contribution is 0.132. The van der Waals surface area contributed by atoms with Crippen LogP contribution in [-0.2, 0) is 0 Å². The van der Waals surface area contributed by atoms with E-state index in [0.29, 0.717) is 46.2 Å². The SMILES string of the molecule is CCOc1cc2c(Nc3cc(OC)c(Cl)cc3Cl)ccnc2cc1OCCN1CCN(C)CC1. The van der Waals surface area contributed by atoms with Crippen LogP contribution in [-0.4, -0.2) is 74.9 Å². The molecule has 7 nitrogen and oxygen atoms in total. The molecule has 1 aromatic heterocycles. The molecule has 1 N–H and O–H groups in total. The van der Waals surface area contributed by atoms with Gasteiger partial charge in [-0.05, 0) is 32.2 Å². The third-order valence-electron chi connectivity index (χ3n) is 5.88. The van der Waals surface area contributed by atoms with Crippen LogP contribution in [0.4, 0.5) is 11.4 Å². The summed E-state index contributed by atoms with van der Waals surface area (Å²) < 4.78 is 17.4. The van der Waals surface area contributed by atoms with Crippen LogP contribution in [0.25, 0.3) is 10.9 Å². The summed E-state index contributed by atoms with van der Waals surface area (Å²) >= 11 is 12.6. The van der Waals surface area contributed by atoms with E-state index in [-0.39, 0.29) is 0 Å². The Hall–Kier alpha value is -2.45. The molecule has 0 amide bonds. The van der Waals surface area contributed by atoms with Crippen molar-refractivity contribution in [2.45, 2.75) is 6.92 Å². The Labute approximate surface area is 210 Å². The fourth-order valence-electron chi connectivity index (χ4n) is 3.93. The summed E-state index contributed by atoms with van der Waals surface area (Å²) in [6.45, 7) is 8.25. The number of benzene rings is 2. The molecule has 2 aromatic carbocycles. The van der Waals surface area contributed by atoms with Crippen LogP contribution in [0, 0.1) is 0 Å². The Balaban J connectivity index is 1.57. The van der Waals surface area contributed by atoms with Crippen LogP contribution in [0.1, 0.15) is 6.92 Å². The van der Waals surface area contributed by atoms with E-state index in [4.69, 9.17) is 37.4 Å². The Bertz CT molecular complexity index is 1140. The molecule has 1 fully saturated rings. The van der Waals surface area contributed by atoms with Crippen molar-refractivity contribution in [1.29, 1.82) is 0 Å². The third kappa shape index (κ3) is 5.78. The van der Waals surface area contributed by atoms with Gasteiger partial charge in [-0.25, -0.2) is 0 Å². The molecule has 0 saturated carbocycles. The van der Waals surface area contributed by atoms with Crippen LogP contribution >= 0.6 is 23.2 Å². The first-order valence-corrected chi connectivity index (χ1v) is 12.1. The van der Waals surface area contributed by atoms with E-state index in [1.165, 1.54) is 0 Å². The highest BCUT2D eigenvalue weighted by Crippen LogP contribution is 2.39. The Morgan fingerprint density at radius 3 is 2.44 bits per heavy atom. The lowest BCUT2D eigenvalue weighted by Gasteiger charge is -2.32. The number of nitrogens with one attached hydrogen (secondary N) is 1. The van der Waals surface area contributed by atoms with Gasteiger partial charge < -0.3 is 24.4 Å². The normalized spacial score (nSPS) is 14.9. The first kappa shape index (κ1) is 24.7. The number of methoxy groups -OCH3 is 1. The molecule has 0 atom stereocenters. The zero-order chi connectivity index (χ0) is 24.1. The van der Waals surface area contributed by atoms with E-state index in [2.05, 4.69) is 27.1 Å². The van der Waals surface area contributed by atoms with Gasteiger partial charge in [-0.3, -0.25) is 9.88 Å². The largest absolute Gasteiger partial charge is 0.495 e. The molecule has 0 radical (unpaired) electrons. The number of piperazine rings is 1. The fourth-order valence-corrected chi connectivity index (χ4v) is 4.43. The molecule has 1 aliphatic rings. The summed E-state index contributed by atoms with van der Waals surface area (Å²) in [5, 5.41) is 5.21. The number of hydrogen-bond acceptors (Lipinski definition) is 7. The molecule has 34 heavy (non-hydrogen) atoms. The number of fused-ring (bicyclic) bond motifs is 1. The van der Waals surface area contributed by atoms with E-state index < -0.39 is 0 Å². The summed E-state index contributed by atoms with van der Waals surface area (Å²) in [5.41, 5.74) is 2.31. The summed E-state index contributed by atoms with van der Waals surface area (Å²) in [4.78, 5) is 9.32. The molecule has 182 valence electrons. The molecule has 4 rings (SSSR count). The molecular weight excluding hydrogens is 475 g/mol. The maximum Gasteiger partial charge on any atom is 0.163 e. The molecular formula is C25H30Cl2N4O3. The predicted molar refractivity (Wildman–Crippen MR) is 139 cm³/mol. The van der Waals surface area contributed by atoms with Gasteiger partial charge >= 0.3 is 0 Å². The second-order valence-electron chi connectivity index (χ2n) is 8.19. The third-order valence-corrected chi connectivity index (χ3v) is 6.49. The second kappa shape index (κ2) is 11.3. The van der Waals surface area contributed by atoms with Crippen LogP contribution in [0.2, 0.25) is 10.0 Å². The first-order chi connectivity index (χ1) is 16.5. The molecule has 3 aromatic rings. The minimum atomic E-state index is 0.453. The van der Waals surface area contributed by atoms with Gasteiger partial charge in [0.15, 0.2) is 11.5 Å². The predicted octanol–water partition coefficient (Wildman–Crippen LogP) is 5.32. The van der Waals surface area contributed by atoms with Gasteiger partial charge in [0.1, 0.15) is 12.4 Å². The van der Waals surface area contributed by atoms with E-state index >= 15 is 0 Å². The lowest BCUT2D eigenvalue weighted by atomic mass is 10.1. The number of aromatic nitrogens is 1. The fraction of sp³-hybridized carbons (Fsp3) is 0.400. The summed E-state index contributed by atoms with van der Waals surface area (Å²) in [7, 11) is 3.73. The van der Waals surface area contributed by atoms with Gasteiger partial charge in [-0.2, -0.15) is 0 Å². The highest BCUT2D eigenvalue weighted by Gasteiger charge is 2.16. The quantitative estimate of drug-likeness (QED) is 0.423. The van der Waals surface area contributed by atoms with Crippen LogP contribution in [0.15, 0.2) is 36.5 Å². The van der Waals surface area contributed by atoms with Crippen molar-refractivity contribution in [1.82, 2.24) is 14.8 Å². The number of hydrogen-bond donors (Lipinski definition) is 1. The standard InChI is InChI=1S/C25H30Cl2N4O3/c1-4-33-24-13-17-20(29-22-16-23(32-3)19(27)14-18(22)26)5-6-28-21(17)15-25(24)34-12-11-31-9-7-30(2)8-10-31/h5-6,13-16H,4,7-12H2,1-3H3,(H,28,29). The molecule has 0 bridgehead atoms. The van der Waals surface area contributed by atoms with Gasteiger partial charge in [0.05, 0.1) is 35.0 Å². The van der Waals surface area contributed by atoms with Crippen molar-refractivity contribution >= 4 is 45.5 Å². The van der Waals surface area contributed by atoms with Gasteiger partial charge in [-0.1, -0.05) is 23.2 Å². The van der Waals surface area contributed by atoms with E-state index in [0.717, 1.165) is 49.3 Å². The maximum atomic E-state index is 6.43. The number of nitrogens with zero attached hydrogens (tertiary/aromatic N) is 3. The minimum Gasteiger partial charge on any atom is -0.495 e. The zero-order valence-corrected chi connectivity index (χ0v) is 21.2. The summed E-state index contributed by atoms with van der Waals surface area (Å²) in [5.74, 6) is 1.92. The molecule has 9 heteroatoms. The van der Waals surface area contributed by atoms with Gasteiger partial charge in [0, 0.05) is 62.1 Å². The van der Waals surface area contributed by atoms with Crippen molar-refractivity contribution in [2.24, 2.45) is 0 Å². The molecule has 0 aliphatic carbocycles. The lowest BCUT2D eigenvalue weighted by Crippen LogP contribution is -2.45. The molecule has 1 aliphatic heterocycles. The first-order valence-electron chi connectivity index (χ1n) is 11.4. The van der Waals surface area contributed by atoms with Crippen molar-refractivity contribution in [3.63, 3.8) is 0 Å². The number of ether oxygens (including phenoxy) is 3. The van der Waals surface area contributed by atoms with Crippen LogP contribution in [0.5, 0.6) is 17.2 Å². The Morgan fingerprint density at radius 1 is 0.941 bits per heavy atom. The van der Waals surface area contributed by atoms with Crippen molar-refractivity contribution in [2.75, 3.05) is 65.4 Å². The highest BCUT2D eigenvalue weighted by molar-refractivity contribution is 6.37. The minimum absolute atomic E-state index is 0.453. The average Bonchev–Trinajstić information content (AvgIpc) is 2.83. The van der Waals surface area contributed by atoms with Crippen molar-refractivity contribution in [3.05, 3.63) is 46.6 Å². The number of rotatable bonds is 9. The molecule has 2 heterocycles. The molecule has 1 saturated heterocycles. The van der Waals surface area contributed by atoms with Gasteiger partial charge in [0.25, 0.3) is 0 Å². The van der Waals surface area contributed by atoms with E-state index in [9.17, 15) is 0 Å². The Morgan fingerprint density at radius 2 is 1.71 bits per heavy atom. The smallest absolute Gasteiger partial charge is 0.163 e. The van der Waals surface area contributed by atoms with E-state index in [1.54, 1.807) is 25.4 Å². The molecule has 0 unspecified atom stereocenters. The van der Waals surface area contributed by atoms with Crippen LogP contribution < -0.4 is 19.5 Å². The average molecular weight is 505 g/mol.